The molecule has 1 aliphatic carbocycles. The number of H-pyrrole nitrogens is 1. The number of nitrogens with zero attached hydrogens (tertiary/aromatic N) is 1. The summed E-state index contributed by atoms with van der Waals surface area (Å²) in [6.45, 7) is 2.85. The third-order valence-corrected chi connectivity index (χ3v) is 3.94. The Morgan fingerprint density at radius 3 is 2.95 bits per heavy atom. The first-order chi connectivity index (χ1) is 10.8. The summed E-state index contributed by atoms with van der Waals surface area (Å²) < 4.78 is 10.8. The molecule has 3 rings (SSSR count). The van der Waals surface area contributed by atoms with E-state index in [0.29, 0.717) is 24.7 Å². The molecule has 0 spiro atoms. The normalized spacial score (nSPS) is 16.9. The van der Waals surface area contributed by atoms with Crippen molar-refractivity contribution in [1.82, 2.24) is 9.97 Å². The van der Waals surface area contributed by atoms with Crippen molar-refractivity contribution in [2.24, 2.45) is 5.92 Å². The van der Waals surface area contributed by atoms with E-state index in [1.807, 2.05) is 12.1 Å². The average Bonchev–Trinajstić information content (AvgIpc) is 3.01. The number of carbonyl (C=O) groups excluding carboxylic acids is 1. The van der Waals surface area contributed by atoms with Crippen LogP contribution in [-0.2, 0) is 17.6 Å². The first kappa shape index (κ1) is 14.6. The van der Waals surface area contributed by atoms with E-state index in [-0.39, 0.29) is 5.97 Å². The van der Waals surface area contributed by atoms with Crippen LogP contribution in [0.2, 0.25) is 0 Å². The van der Waals surface area contributed by atoms with E-state index in [4.69, 9.17) is 9.47 Å². The van der Waals surface area contributed by atoms with Gasteiger partial charge in [0.25, 0.3) is 0 Å². The number of aromatic nitrogens is 2. The summed E-state index contributed by atoms with van der Waals surface area (Å²) in [5.41, 5.74) is 2.97. The molecule has 1 aromatic heterocycles. The predicted molar refractivity (Wildman–Crippen MR) is 82.0 cm³/mol. The minimum Gasteiger partial charge on any atom is -0.493 e. The summed E-state index contributed by atoms with van der Waals surface area (Å²) >= 11 is 0. The Balaban J connectivity index is 1.53. The van der Waals surface area contributed by atoms with Crippen molar-refractivity contribution in [3.8, 4) is 5.75 Å². The molecule has 1 unspecified atom stereocenters. The summed E-state index contributed by atoms with van der Waals surface area (Å²) in [7, 11) is 0. The second-order valence-corrected chi connectivity index (χ2v) is 5.49. The minimum atomic E-state index is -0.299. The van der Waals surface area contributed by atoms with Gasteiger partial charge in [0.05, 0.1) is 30.8 Å². The monoisotopic (exact) mass is 300 g/mol. The Kier molecular flexibility index (Phi) is 4.42. The van der Waals surface area contributed by atoms with Crippen LogP contribution in [0.5, 0.6) is 5.75 Å². The SMILES string of the molecule is CCOC(=O)c1ccc(OCC2CCc3[nH]cnc3C2)cc1. The lowest BCUT2D eigenvalue weighted by molar-refractivity contribution is 0.0526. The molecule has 1 atom stereocenters. The van der Waals surface area contributed by atoms with Crippen LogP contribution in [0.25, 0.3) is 0 Å². The maximum Gasteiger partial charge on any atom is 0.338 e. The second kappa shape index (κ2) is 6.64. The number of aromatic amines is 1. The number of fused-ring (bicyclic) bond motifs is 1. The number of aryl methyl sites for hydroxylation is 1. The number of benzene rings is 1. The van der Waals surface area contributed by atoms with Crippen LogP contribution in [0.4, 0.5) is 0 Å². The molecule has 0 amide bonds. The van der Waals surface area contributed by atoms with Crippen LogP contribution < -0.4 is 4.74 Å². The van der Waals surface area contributed by atoms with Crippen LogP contribution in [0.1, 0.15) is 35.1 Å². The Labute approximate surface area is 129 Å². The zero-order valence-electron chi connectivity index (χ0n) is 12.7. The average molecular weight is 300 g/mol. The zero-order valence-corrected chi connectivity index (χ0v) is 12.7. The van der Waals surface area contributed by atoms with Gasteiger partial charge in [-0.05, 0) is 56.4 Å². The molecule has 0 radical (unpaired) electrons. The van der Waals surface area contributed by atoms with Crippen molar-refractivity contribution in [1.29, 1.82) is 0 Å². The van der Waals surface area contributed by atoms with E-state index >= 15 is 0 Å². The van der Waals surface area contributed by atoms with E-state index < -0.39 is 0 Å². The topological polar surface area (TPSA) is 64.2 Å². The van der Waals surface area contributed by atoms with Gasteiger partial charge in [-0.1, -0.05) is 0 Å². The molecule has 1 N–H and O–H groups in total. The van der Waals surface area contributed by atoms with Gasteiger partial charge in [0.1, 0.15) is 5.75 Å². The number of esters is 1. The smallest absolute Gasteiger partial charge is 0.338 e. The molecule has 0 saturated heterocycles. The van der Waals surface area contributed by atoms with Gasteiger partial charge in [-0.2, -0.15) is 0 Å². The van der Waals surface area contributed by atoms with Gasteiger partial charge >= 0.3 is 5.97 Å². The first-order valence-corrected chi connectivity index (χ1v) is 7.67. The molecular formula is C17H20N2O3. The third kappa shape index (κ3) is 3.30. The van der Waals surface area contributed by atoms with Crippen molar-refractivity contribution >= 4 is 5.97 Å². The Bertz CT molecular complexity index is 634. The lowest BCUT2D eigenvalue weighted by atomic mass is 9.90. The van der Waals surface area contributed by atoms with Crippen LogP contribution in [0.15, 0.2) is 30.6 Å². The summed E-state index contributed by atoms with van der Waals surface area (Å²) in [5.74, 6) is 0.966. The highest BCUT2D eigenvalue weighted by Gasteiger charge is 2.21. The Morgan fingerprint density at radius 2 is 2.18 bits per heavy atom. The molecule has 22 heavy (non-hydrogen) atoms. The van der Waals surface area contributed by atoms with Crippen molar-refractivity contribution in [2.75, 3.05) is 13.2 Å². The van der Waals surface area contributed by atoms with Gasteiger partial charge in [0.2, 0.25) is 0 Å². The number of hydrogen-bond donors (Lipinski definition) is 1. The molecule has 5 heteroatoms. The number of ether oxygens (including phenoxy) is 2. The van der Waals surface area contributed by atoms with Gasteiger partial charge in [-0.3, -0.25) is 0 Å². The highest BCUT2D eigenvalue weighted by Crippen LogP contribution is 2.24. The zero-order chi connectivity index (χ0) is 15.4. The van der Waals surface area contributed by atoms with Crippen molar-refractivity contribution in [2.45, 2.75) is 26.2 Å². The fraction of sp³-hybridized carbons (Fsp3) is 0.412. The molecular weight excluding hydrogens is 280 g/mol. The highest BCUT2D eigenvalue weighted by atomic mass is 16.5. The molecule has 116 valence electrons. The summed E-state index contributed by atoms with van der Waals surface area (Å²) in [5, 5.41) is 0. The molecule has 2 aromatic rings. The molecule has 0 bridgehead atoms. The van der Waals surface area contributed by atoms with E-state index in [1.165, 1.54) is 5.69 Å². The highest BCUT2D eigenvalue weighted by molar-refractivity contribution is 5.89. The molecule has 1 aromatic carbocycles. The summed E-state index contributed by atoms with van der Waals surface area (Å²) in [4.78, 5) is 19.1. The molecule has 0 saturated carbocycles. The maximum atomic E-state index is 11.6. The minimum absolute atomic E-state index is 0.299. The van der Waals surface area contributed by atoms with Gasteiger partial charge in [0.15, 0.2) is 0 Å². The van der Waals surface area contributed by atoms with Crippen molar-refractivity contribution < 1.29 is 14.3 Å². The molecule has 1 aliphatic rings. The lowest BCUT2D eigenvalue weighted by Gasteiger charge is -2.21. The Morgan fingerprint density at radius 1 is 1.36 bits per heavy atom. The second-order valence-electron chi connectivity index (χ2n) is 5.49. The molecule has 0 fully saturated rings. The van der Waals surface area contributed by atoms with Crippen LogP contribution in [-0.4, -0.2) is 29.2 Å². The van der Waals surface area contributed by atoms with Crippen LogP contribution in [0, 0.1) is 5.92 Å². The predicted octanol–water partition coefficient (Wildman–Crippen LogP) is 2.77. The maximum absolute atomic E-state index is 11.6. The number of imidazole rings is 1. The van der Waals surface area contributed by atoms with E-state index in [0.717, 1.165) is 30.7 Å². The largest absolute Gasteiger partial charge is 0.493 e. The molecule has 5 nitrogen and oxygen atoms in total. The lowest BCUT2D eigenvalue weighted by Crippen LogP contribution is -2.20. The van der Waals surface area contributed by atoms with Gasteiger partial charge in [-0.15, -0.1) is 0 Å². The van der Waals surface area contributed by atoms with Gasteiger partial charge < -0.3 is 14.5 Å². The fourth-order valence-electron chi connectivity index (χ4n) is 2.72. The fourth-order valence-corrected chi connectivity index (χ4v) is 2.72. The van der Waals surface area contributed by atoms with E-state index in [1.54, 1.807) is 25.4 Å². The molecule has 1 heterocycles. The quantitative estimate of drug-likeness (QED) is 0.862. The number of rotatable bonds is 5. The van der Waals surface area contributed by atoms with Crippen molar-refractivity contribution in [3.63, 3.8) is 0 Å². The van der Waals surface area contributed by atoms with Crippen LogP contribution >= 0.6 is 0 Å². The molecule has 0 aliphatic heterocycles. The first-order valence-electron chi connectivity index (χ1n) is 7.67. The summed E-state index contributed by atoms with van der Waals surface area (Å²) in [6.07, 6.45) is 4.86. The number of carbonyl (C=O) groups is 1. The number of nitrogens with one attached hydrogen (secondary N) is 1. The van der Waals surface area contributed by atoms with Crippen molar-refractivity contribution in [3.05, 3.63) is 47.5 Å². The Hall–Kier alpha value is -2.30. The van der Waals surface area contributed by atoms with E-state index in [2.05, 4.69) is 9.97 Å². The summed E-state index contributed by atoms with van der Waals surface area (Å²) in [6, 6.07) is 7.10. The van der Waals surface area contributed by atoms with Gasteiger partial charge in [0, 0.05) is 5.69 Å². The standard InChI is InChI=1S/C17H20N2O3/c1-2-21-17(20)13-4-6-14(7-5-13)22-10-12-3-8-15-16(9-12)19-11-18-15/h4-7,11-12H,2-3,8-10H2,1H3,(H,18,19). The van der Waals surface area contributed by atoms with E-state index in [9.17, 15) is 4.79 Å². The van der Waals surface area contributed by atoms with Gasteiger partial charge in [-0.25, -0.2) is 9.78 Å². The third-order valence-electron chi connectivity index (χ3n) is 3.94. The number of hydrogen-bond acceptors (Lipinski definition) is 4. The van der Waals surface area contributed by atoms with Crippen LogP contribution in [0.3, 0.4) is 0 Å².